The molecule has 0 atom stereocenters. The van der Waals surface area contributed by atoms with Gasteiger partial charge in [-0.25, -0.2) is 4.39 Å². The zero-order chi connectivity index (χ0) is 13.3. The van der Waals surface area contributed by atoms with Crippen LogP contribution < -0.4 is 5.32 Å². The van der Waals surface area contributed by atoms with Gasteiger partial charge in [0.15, 0.2) is 0 Å². The number of nitro groups is 1. The number of nitrogens with zero attached hydrogens (tertiary/aromatic N) is 1. The Morgan fingerprint density at radius 3 is 2.72 bits per heavy atom. The van der Waals surface area contributed by atoms with E-state index >= 15 is 0 Å². The second-order valence-electron chi connectivity index (χ2n) is 4.21. The number of halogens is 1. The van der Waals surface area contributed by atoms with Gasteiger partial charge in [-0.2, -0.15) is 0 Å². The third-order valence-electron chi connectivity index (χ3n) is 2.85. The minimum atomic E-state index is -0.798. The van der Waals surface area contributed by atoms with Gasteiger partial charge in [0, 0.05) is 6.04 Å². The molecule has 96 valence electrons. The van der Waals surface area contributed by atoms with Crippen LogP contribution in [0.5, 0.6) is 0 Å². The highest BCUT2D eigenvalue weighted by Crippen LogP contribution is 2.23. The lowest BCUT2D eigenvalue weighted by molar-refractivity contribution is -0.385. The summed E-state index contributed by atoms with van der Waals surface area (Å²) in [4.78, 5) is 21.7. The lowest BCUT2D eigenvalue weighted by atomic mass is 9.89. The van der Waals surface area contributed by atoms with Gasteiger partial charge in [0.2, 0.25) is 0 Å². The quantitative estimate of drug-likeness (QED) is 0.621. The molecule has 0 aliphatic heterocycles. The molecule has 0 spiro atoms. The third-order valence-corrected chi connectivity index (χ3v) is 2.85. The van der Waals surface area contributed by atoms with E-state index in [9.17, 15) is 19.3 Å². The fourth-order valence-corrected chi connectivity index (χ4v) is 1.82. The molecule has 1 aromatic rings. The number of carbonyl (C=O) groups excluding carboxylic acids is 1. The Hall–Kier alpha value is -2.02. The SMILES string of the molecule is O=C(NC1CC(O)C1)c1ccc(F)cc1[N+](=O)[O-]. The van der Waals surface area contributed by atoms with E-state index in [0.29, 0.717) is 18.9 Å². The van der Waals surface area contributed by atoms with Crippen molar-refractivity contribution in [2.45, 2.75) is 25.0 Å². The molecule has 0 aromatic heterocycles. The Morgan fingerprint density at radius 1 is 1.50 bits per heavy atom. The van der Waals surface area contributed by atoms with Crippen LogP contribution in [-0.2, 0) is 0 Å². The number of amides is 1. The number of nitrogens with one attached hydrogen (secondary N) is 1. The fourth-order valence-electron chi connectivity index (χ4n) is 1.82. The largest absolute Gasteiger partial charge is 0.393 e. The van der Waals surface area contributed by atoms with Gasteiger partial charge < -0.3 is 10.4 Å². The van der Waals surface area contributed by atoms with Crippen LogP contribution in [0.2, 0.25) is 0 Å². The van der Waals surface area contributed by atoms with Crippen LogP contribution in [0.15, 0.2) is 18.2 Å². The maximum absolute atomic E-state index is 12.9. The summed E-state index contributed by atoms with van der Waals surface area (Å²) >= 11 is 0. The first-order valence-electron chi connectivity index (χ1n) is 5.40. The Balaban J connectivity index is 2.16. The van der Waals surface area contributed by atoms with Gasteiger partial charge in [-0.15, -0.1) is 0 Å². The molecule has 6 nitrogen and oxygen atoms in total. The molecule has 1 aromatic carbocycles. The monoisotopic (exact) mass is 254 g/mol. The molecule has 0 heterocycles. The van der Waals surface area contributed by atoms with Gasteiger partial charge in [-0.05, 0) is 25.0 Å². The van der Waals surface area contributed by atoms with E-state index in [-0.39, 0.29) is 11.6 Å². The Morgan fingerprint density at radius 2 is 2.17 bits per heavy atom. The number of rotatable bonds is 3. The van der Waals surface area contributed by atoms with Gasteiger partial charge in [0.05, 0.1) is 17.1 Å². The van der Waals surface area contributed by atoms with Crippen molar-refractivity contribution < 1.29 is 19.2 Å². The predicted octanol–water partition coefficient (Wildman–Crippen LogP) is 0.987. The maximum Gasteiger partial charge on any atom is 0.285 e. The third kappa shape index (κ3) is 2.45. The first-order chi connectivity index (χ1) is 8.47. The second kappa shape index (κ2) is 4.69. The van der Waals surface area contributed by atoms with Gasteiger partial charge >= 0.3 is 0 Å². The molecule has 1 amide bonds. The number of aliphatic hydroxyl groups is 1. The maximum atomic E-state index is 12.9. The van der Waals surface area contributed by atoms with Crippen molar-refractivity contribution in [3.05, 3.63) is 39.7 Å². The zero-order valence-electron chi connectivity index (χ0n) is 9.30. The summed E-state index contributed by atoms with van der Waals surface area (Å²) in [6.45, 7) is 0. The summed E-state index contributed by atoms with van der Waals surface area (Å²) in [5.41, 5.74) is -0.741. The molecule has 0 saturated heterocycles. The van der Waals surface area contributed by atoms with Crippen molar-refractivity contribution in [1.29, 1.82) is 0 Å². The van der Waals surface area contributed by atoms with E-state index < -0.39 is 28.4 Å². The molecular formula is C11H11FN2O4. The van der Waals surface area contributed by atoms with E-state index in [1.54, 1.807) is 0 Å². The first kappa shape index (κ1) is 12.4. The number of benzene rings is 1. The minimum Gasteiger partial charge on any atom is -0.393 e. The summed E-state index contributed by atoms with van der Waals surface area (Å²) < 4.78 is 12.9. The van der Waals surface area contributed by atoms with Crippen LogP contribution in [0.3, 0.4) is 0 Å². The van der Waals surface area contributed by atoms with Crippen molar-refractivity contribution in [2.24, 2.45) is 0 Å². The molecule has 1 fully saturated rings. The van der Waals surface area contributed by atoms with Crippen molar-refractivity contribution >= 4 is 11.6 Å². The van der Waals surface area contributed by atoms with Crippen molar-refractivity contribution in [2.75, 3.05) is 0 Å². The average Bonchev–Trinajstić information content (AvgIpc) is 2.26. The number of nitro benzene ring substituents is 1. The summed E-state index contributed by atoms with van der Waals surface area (Å²) in [5.74, 6) is -1.39. The molecule has 7 heteroatoms. The van der Waals surface area contributed by atoms with Crippen LogP contribution in [-0.4, -0.2) is 28.1 Å². The lowest BCUT2D eigenvalue weighted by Gasteiger charge is -2.31. The molecular weight excluding hydrogens is 243 g/mol. The van der Waals surface area contributed by atoms with Gasteiger partial charge in [0.1, 0.15) is 11.4 Å². The molecule has 1 saturated carbocycles. The highest BCUT2D eigenvalue weighted by Gasteiger charge is 2.30. The van der Waals surface area contributed by atoms with Gasteiger partial charge in [0.25, 0.3) is 11.6 Å². The van der Waals surface area contributed by atoms with E-state index in [1.807, 2.05) is 0 Å². The van der Waals surface area contributed by atoms with Crippen LogP contribution in [0.1, 0.15) is 23.2 Å². The number of carbonyl (C=O) groups is 1. The summed E-state index contributed by atoms with van der Waals surface area (Å²) in [5, 5.41) is 22.3. The number of hydrogen-bond acceptors (Lipinski definition) is 4. The highest BCUT2D eigenvalue weighted by molar-refractivity contribution is 5.98. The Bertz CT molecular complexity index is 500. The van der Waals surface area contributed by atoms with E-state index in [0.717, 1.165) is 12.1 Å². The predicted molar refractivity (Wildman–Crippen MR) is 59.5 cm³/mol. The molecule has 1 aliphatic rings. The normalized spacial score (nSPS) is 22.1. The smallest absolute Gasteiger partial charge is 0.285 e. The second-order valence-corrected chi connectivity index (χ2v) is 4.21. The first-order valence-corrected chi connectivity index (χ1v) is 5.40. The number of aliphatic hydroxyl groups excluding tert-OH is 1. The minimum absolute atomic E-state index is 0.178. The molecule has 0 unspecified atom stereocenters. The fraction of sp³-hybridized carbons (Fsp3) is 0.364. The Labute approximate surface area is 102 Å². The van der Waals surface area contributed by atoms with Crippen molar-refractivity contribution in [3.8, 4) is 0 Å². The highest BCUT2D eigenvalue weighted by atomic mass is 19.1. The molecule has 18 heavy (non-hydrogen) atoms. The zero-order valence-corrected chi connectivity index (χ0v) is 9.30. The molecule has 0 radical (unpaired) electrons. The van der Waals surface area contributed by atoms with E-state index in [1.165, 1.54) is 0 Å². The molecule has 2 N–H and O–H groups in total. The topological polar surface area (TPSA) is 92.5 Å². The Kier molecular flexibility index (Phi) is 3.24. The standard InChI is InChI=1S/C11H11FN2O4/c12-6-1-2-9(10(3-6)14(17)18)11(16)13-7-4-8(15)5-7/h1-3,7-8,15H,4-5H2,(H,13,16). The van der Waals surface area contributed by atoms with Crippen molar-refractivity contribution in [3.63, 3.8) is 0 Å². The summed E-state index contributed by atoms with van der Waals surface area (Å²) in [6, 6.07) is 2.61. The average molecular weight is 254 g/mol. The molecule has 1 aliphatic carbocycles. The van der Waals surface area contributed by atoms with Crippen LogP contribution in [0.25, 0.3) is 0 Å². The summed E-state index contributed by atoms with van der Waals surface area (Å²) in [7, 11) is 0. The van der Waals surface area contributed by atoms with Crippen LogP contribution in [0.4, 0.5) is 10.1 Å². The summed E-state index contributed by atoms with van der Waals surface area (Å²) in [6.07, 6.45) is 0.431. The van der Waals surface area contributed by atoms with E-state index in [4.69, 9.17) is 5.11 Å². The van der Waals surface area contributed by atoms with Crippen LogP contribution in [0, 0.1) is 15.9 Å². The molecule has 0 bridgehead atoms. The van der Waals surface area contributed by atoms with Crippen molar-refractivity contribution in [1.82, 2.24) is 5.32 Å². The number of hydrogen-bond donors (Lipinski definition) is 2. The lowest BCUT2D eigenvalue weighted by Crippen LogP contribution is -2.46. The van der Waals surface area contributed by atoms with Gasteiger partial charge in [-0.1, -0.05) is 0 Å². The molecule has 2 rings (SSSR count). The van der Waals surface area contributed by atoms with E-state index in [2.05, 4.69) is 5.32 Å². The van der Waals surface area contributed by atoms with Crippen LogP contribution >= 0.6 is 0 Å². The van der Waals surface area contributed by atoms with Gasteiger partial charge in [-0.3, -0.25) is 14.9 Å².